The van der Waals surface area contributed by atoms with Crippen molar-refractivity contribution in [3.63, 3.8) is 0 Å². The van der Waals surface area contributed by atoms with Crippen molar-refractivity contribution in [3.05, 3.63) is 120 Å². The lowest BCUT2D eigenvalue weighted by atomic mass is 9.52. The smallest absolute Gasteiger partial charge is 0.315 e. The molecule has 1 heterocycles. The highest BCUT2D eigenvalue weighted by Gasteiger charge is 2.59. The Morgan fingerprint density at radius 3 is 2.00 bits per heavy atom. The molecule has 6 heteroatoms. The molecule has 38 heavy (non-hydrogen) atoms. The van der Waals surface area contributed by atoms with Gasteiger partial charge in [0.2, 0.25) is 5.91 Å². The lowest BCUT2D eigenvalue weighted by molar-refractivity contribution is -0.158. The average molecular weight is 504 g/mol. The second-order valence-electron chi connectivity index (χ2n) is 9.81. The van der Waals surface area contributed by atoms with E-state index in [0.29, 0.717) is 12.2 Å². The quantitative estimate of drug-likeness (QED) is 0.262. The SMILES string of the molecule is O=C1Cc2ccc(-c3cccc(OC(=O)[C@H]4[C@H](c5ccccc5)[C@@H](C(=O)O)[C@H]4c4ccccc4)c3)cc2N1. The van der Waals surface area contributed by atoms with E-state index in [0.717, 1.165) is 33.5 Å². The molecule has 0 bridgehead atoms. The lowest BCUT2D eigenvalue weighted by Gasteiger charge is -2.48. The number of nitrogens with one attached hydrogen (secondary N) is 1. The molecule has 0 saturated heterocycles. The monoisotopic (exact) mass is 503 g/mol. The van der Waals surface area contributed by atoms with Gasteiger partial charge >= 0.3 is 11.9 Å². The second-order valence-corrected chi connectivity index (χ2v) is 9.81. The van der Waals surface area contributed by atoms with Gasteiger partial charge in [0, 0.05) is 17.5 Å². The van der Waals surface area contributed by atoms with Crippen LogP contribution in [-0.2, 0) is 20.8 Å². The van der Waals surface area contributed by atoms with Crippen LogP contribution in [0.4, 0.5) is 5.69 Å². The molecule has 1 saturated carbocycles. The molecule has 1 aliphatic carbocycles. The normalized spacial score (nSPS) is 21.6. The van der Waals surface area contributed by atoms with Crippen molar-refractivity contribution in [1.29, 1.82) is 0 Å². The van der Waals surface area contributed by atoms with Gasteiger partial charge < -0.3 is 15.2 Å². The van der Waals surface area contributed by atoms with Crippen molar-refractivity contribution in [3.8, 4) is 16.9 Å². The number of carbonyl (C=O) groups excluding carboxylic acids is 2. The fraction of sp³-hybridized carbons (Fsp3) is 0.156. The predicted octanol–water partition coefficient (Wildman–Crippen LogP) is 5.65. The van der Waals surface area contributed by atoms with Crippen LogP contribution in [0.3, 0.4) is 0 Å². The van der Waals surface area contributed by atoms with Gasteiger partial charge in [0.25, 0.3) is 0 Å². The Balaban J connectivity index is 1.31. The summed E-state index contributed by atoms with van der Waals surface area (Å²) in [7, 11) is 0. The van der Waals surface area contributed by atoms with Gasteiger partial charge in [-0.25, -0.2) is 0 Å². The number of amides is 1. The van der Waals surface area contributed by atoms with E-state index in [-0.39, 0.29) is 5.91 Å². The molecule has 0 radical (unpaired) electrons. The molecular formula is C32H25NO5. The highest BCUT2D eigenvalue weighted by Crippen LogP contribution is 2.58. The summed E-state index contributed by atoms with van der Waals surface area (Å²) in [6, 6.07) is 31.7. The molecule has 1 amide bonds. The van der Waals surface area contributed by atoms with Gasteiger partial charge in [-0.3, -0.25) is 14.4 Å². The van der Waals surface area contributed by atoms with Crippen molar-refractivity contribution in [2.24, 2.45) is 11.8 Å². The number of carboxylic acids is 1. The fourth-order valence-electron chi connectivity index (χ4n) is 5.85. The highest BCUT2D eigenvalue weighted by atomic mass is 16.5. The summed E-state index contributed by atoms with van der Waals surface area (Å²) in [4.78, 5) is 37.8. The number of carbonyl (C=O) groups is 3. The fourth-order valence-corrected chi connectivity index (χ4v) is 5.85. The molecule has 0 aromatic heterocycles. The van der Waals surface area contributed by atoms with Crippen LogP contribution in [-0.4, -0.2) is 23.0 Å². The molecule has 6 nitrogen and oxygen atoms in total. The van der Waals surface area contributed by atoms with Gasteiger partial charge in [0.1, 0.15) is 5.75 Å². The first kappa shape index (κ1) is 23.7. The first-order valence-corrected chi connectivity index (χ1v) is 12.6. The van der Waals surface area contributed by atoms with Crippen LogP contribution in [0.15, 0.2) is 103 Å². The largest absolute Gasteiger partial charge is 0.481 e. The Labute approximate surface area is 219 Å². The second kappa shape index (κ2) is 9.63. The van der Waals surface area contributed by atoms with E-state index < -0.39 is 35.6 Å². The summed E-state index contributed by atoms with van der Waals surface area (Å²) in [6.07, 6.45) is 0.372. The summed E-state index contributed by atoms with van der Waals surface area (Å²) in [5, 5.41) is 13.0. The Bertz CT molecular complexity index is 1480. The van der Waals surface area contributed by atoms with E-state index in [4.69, 9.17) is 4.74 Å². The number of ether oxygens (including phenoxy) is 1. The number of anilines is 1. The minimum atomic E-state index is -0.928. The van der Waals surface area contributed by atoms with Crippen LogP contribution in [0.5, 0.6) is 5.75 Å². The molecule has 6 rings (SSSR count). The number of esters is 1. The number of rotatable bonds is 6. The molecule has 1 aliphatic heterocycles. The molecule has 2 aliphatic rings. The maximum Gasteiger partial charge on any atom is 0.315 e. The van der Waals surface area contributed by atoms with Crippen molar-refractivity contribution in [2.75, 3.05) is 5.32 Å². The lowest BCUT2D eigenvalue weighted by Crippen LogP contribution is -2.52. The number of carboxylic acid groups (broad SMARTS) is 1. The van der Waals surface area contributed by atoms with Crippen LogP contribution < -0.4 is 10.1 Å². The van der Waals surface area contributed by atoms with Crippen LogP contribution in [0.1, 0.15) is 28.5 Å². The molecule has 0 spiro atoms. The van der Waals surface area contributed by atoms with Crippen molar-refractivity contribution < 1.29 is 24.2 Å². The summed E-state index contributed by atoms with van der Waals surface area (Å²) >= 11 is 0. The summed E-state index contributed by atoms with van der Waals surface area (Å²) in [5.41, 5.74) is 5.10. The number of fused-ring (bicyclic) bond motifs is 1. The number of hydrogen-bond acceptors (Lipinski definition) is 4. The highest BCUT2D eigenvalue weighted by molar-refractivity contribution is 6.00. The van der Waals surface area contributed by atoms with Gasteiger partial charge in [-0.1, -0.05) is 84.9 Å². The molecule has 2 N–H and O–H groups in total. The minimum absolute atomic E-state index is 0.0269. The summed E-state index contributed by atoms with van der Waals surface area (Å²) in [5.74, 6) is -3.43. The Morgan fingerprint density at radius 1 is 0.737 bits per heavy atom. The first-order chi connectivity index (χ1) is 18.5. The van der Waals surface area contributed by atoms with E-state index in [1.807, 2.05) is 91.0 Å². The maximum atomic E-state index is 13.7. The Hall–Kier alpha value is -4.71. The third-order valence-corrected chi connectivity index (χ3v) is 7.59. The molecular weight excluding hydrogens is 478 g/mol. The molecule has 188 valence electrons. The van der Waals surface area contributed by atoms with E-state index in [1.165, 1.54) is 0 Å². The third kappa shape index (κ3) is 4.24. The number of benzene rings is 4. The predicted molar refractivity (Wildman–Crippen MR) is 143 cm³/mol. The van der Waals surface area contributed by atoms with Crippen LogP contribution >= 0.6 is 0 Å². The minimum Gasteiger partial charge on any atom is -0.481 e. The van der Waals surface area contributed by atoms with E-state index in [1.54, 1.807) is 12.1 Å². The van der Waals surface area contributed by atoms with Crippen LogP contribution in [0, 0.1) is 11.8 Å². The van der Waals surface area contributed by atoms with Crippen LogP contribution in [0.2, 0.25) is 0 Å². The zero-order valence-corrected chi connectivity index (χ0v) is 20.4. The standard InChI is InChI=1S/C32H25NO5/c34-26-18-23-15-14-22(17-25(23)33-26)21-12-7-13-24(16-21)38-32(37)30-27(19-8-3-1-4-9-19)29(31(35)36)28(30)20-10-5-2-6-11-20/h1-17,27-30H,18H2,(H,33,34)(H,35,36)/t27-,28-,29-,30+/m1/s1. The van der Waals surface area contributed by atoms with Crippen molar-refractivity contribution >= 4 is 23.5 Å². The number of aliphatic carboxylic acids is 1. The maximum absolute atomic E-state index is 13.7. The zero-order chi connectivity index (χ0) is 26.2. The molecule has 2 atom stereocenters. The Kier molecular flexibility index (Phi) is 6.00. The van der Waals surface area contributed by atoms with E-state index in [2.05, 4.69) is 5.32 Å². The van der Waals surface area contributed by atoms with Gasteiger partial charge in [0.15, 0.2) is 0 Å². The first-order valence-electron chi connectivity index (χ1n) is 12.6. The van der Waals surface area contributed by atoms with E-state index in [9.17, 15) is 19.5 Å². The van der Waals surface area contributed by atoms with E-state index >= 15 is 0 Å². The molecule has 4 aromatic carbocycles. The molecule has 4 aromatic rings. The molecule has 1 fully saturated rings. The summed E-state index contributed by atoms with van der Waals surface area (Å²) < 4.78 is 5.92. The zero-order valence-electron chi connectivity index (χ0n) is 20.4. The number of hydrogen-bond donors (Lipinski definition) is 2. The third-order valence-electron chi connectivity index (χ3n) is 7.59. The van der Waals surface area contributed by atoms with Gasteiger partial charge in [-0.05, 0) is 46.0 Å². The summed E-state index contributed by atoms with van der Waals surface area (Å²) in [6.45, 7) is 0. The van der Waals surface area contributed by atoms with Gasteiger partial charge in [-0.15, -0.1) is 0 Å². The van der Waals surface area contributed by atoms with Crippen molar-refractivity contribution in [2.45, 2.75) is 18.3 Å². The van der Waals surface area contributed by atoms with Crippen molar-refractivity contribution in [1.82, 2.24) is 0 Å². The average Bonchev–Trinajstić information content (AvgIpc) is 3.28. The molecule has 0 unspecified atom stereocenters. The van der Waals surface area contributed by atoms with Gasteiger partial charge in [0.05, 0.1) is 18.3 Å². The Morgan fingerprint density at radius 2 is 1.37 bits per heavy atom. The van der Waals surface area contributed by atoms with Gasteiger partial charge in [-0.2, -0.15) is 0 Å². The van der Waals surface area contributed by atoms with Crippen LogP contribution in [0.25, 0.3) is 11.1 Å². The topological polar surface area (TPSA) is 92.7 Å².